The van der Waals surface area contributed by atoms with Crippen LogP contribution < -0.4 is 4.72 Å². The third-order valence-corrected chi connectivity index (χ3v) is 4.70. The van der Waals surface area contributed by atoms with Gasteiger partial charge in [-0.15, -0.1) is 0 Å². The molecule has 7 heteroatoms. The predicted octanol–water partition coefficient (Wildman–Crippen LogP) is 0.508. The molecule has 1 aliphatic heterocycles. The monoisotopic (exact) mass is 298 g/mol. The first kappa shape index (κ1) is 15.0. The minimum atomic E-state index is -3.40. The van der Waals surface area contributed by atoms with Crippen molar-refractivity contribution in [3.8, 4) is 0 Å². The lowest BCUT2D eigenvalue weighted by atomic mass is 10.1. The van der Waals surface area contributed by atoms with E-state index in [0.717, 1.165) is 19.5 Å². The second kappa shape index (κ2) is 5.90. The molecule has 0 bridgehead atoms. The van der Waals surface area contributed by atoms with Crippen LogP contribution in [0.2, 0.25) is 0 Å². The van der Waals surface area contributed by atoms with Crippen molar-refractivity contribution in [2.24, 2.45) is 0 Å². The number of nitrogens with zero attached hydrogens (tertiary/aromatic N) is 1. The molecule has 0 radical (unpaired) electrons. The number of carboxylic acids is 1. The van der Waals surface area contributed by atoms with Gasteiger partial charge in [-0.3, -0.25) is 0 Å². The molecule has 1 aromatic rings. The molecule has 20 heavy (non-hydrogen) atoms. The number of benzene rings is 1. The molecule has 0 amide bonds. The van der Waals surface area contributed by atoms with Gasteiger partial charge < -0.3 is 10.0 Å². The minimum Gasteiger partial charge on any atom is -0.478 e. The van der Waals surface area contributed by atoms with E-state index in [2.05, 4.69) is 9.62 Å². The normalized spacial score (nSPS) is 20.1. The Bertz CT molecular complexity index is 583. The van der Waals surface area contributed by atoms with Gasteiger partial charge in [0.15, 0.2) is 0 Å². The first-order valence-corrected chi connectivity index (χ1v) is 8.02. The molecular weight excluding hydrogens is 280 g/mol. The molecule has 0 aromatic heterocycles. The SMILES string of the molecule is CN1CCC(NS(=O)(=O)Cc2ccc(C(=O)O)cc2)C1. The summed E-state index contributed by atoms with van der Waals surface area (Å²) in [5.74, 6) is -1.15. The molecule has 2 N–H and O–H groups in total. The third-order valence-electron chi connectivity index (χ3n) is 3.30. The van der Waals surface area contributed by atoms with Gasteiger partial charge in [0.25, 0.3) is 0 Å². The number of likely N-dealkylation sites (N-methyl/N-ethyl adjacent to an activating group) is 1. The number of likely N-dealkylation sites (tertiary alicyclic amines) is 1. The Morgan fingerprint density at radius 3 is 2.55 bits per heavy atom. The molecule has 1 aromatic carbocycles. The number of hydrogen-bond acceptors (Lipinski definition) is 4. The van der Waals surface area contributed by atoms with Gasteiger partial charge >= 0.3 is 5.97 Å². The van der Waals surface area contributed by atoms with Crippen molar-refractivity contribution in [3.63, 3.8) is 0 Å². The Morgan fingerprint density at radius 1 is 1.40 bits per heavy atom. The van der Waals surface area contributed by atoms with Gasteiger partial charge in [0.1, 0.15) is 0 Å². The lowest BCUT2D eigenvalue weighted by Gasteiger charge is -2.13. The fourth-order valence-corrected chi connectivity index (χ4v) is 3.70. The van der Waals surface area contributed by atoms with Gasteiger partial charge in [-0.05, 0) is 37.7 Å². The highest BCUT2D eigenvalue weighted by molar-refractivity contribution is 7.88. The van der Waals surface area contributed by atoms with Gasteiger partial charge in [0.2, 0.25) is 10.0 Å². The molecule has 1 aliphatic rings. The summed E-state index contributed by atoms with van der Waals surface area (Å²) in [6, 6.07) is 5.85. The van der Waals surface area contributed by atoms with E-state index in [1.807, 2.05) is 7.05 Å². The number of aromatic carboxylic acids is 1. The summed E-state index contributed by atoms with van der Waals surface area (Å²) < 4.78 is 26.8. The molecule has 0 spiro atoms. The Labute approximate surface area is 118 Å². The van der Waals surface area contributed by atoms with Gasteiger partial charge in [-0.2, -0.15) is 0 Å². The number of hydrogen-bond donors (Lipinski definition) is 2. The van der Waals surface area contributed by atoms with E-state index in [9.17, 15) is 13.2 Å². The van der Waals surface area contributed by atoms with Crippen molar-refractivity contribution in [2.45, 2.75) is 18.2 Å². The fourth-order valence-electron chi connectivity index (χ4n) is 2.29. The van der Waals surface area contributed by atoms with Gasteiger partial charge in [0, 0.05) is 12.6 Å². The Hall–Kier alpha value is -1.44. The molecule has 1 atom stereocenters. The van der Waals surface area contributed by atoms with Crippen molar-refractivity contribution >= 4 is 16.0 Å². The van der Waals surface area contributed by atoms with Crippen LogP contribution in [0, 0.1) is 0 Å². The van der Waals surface area contributed by atoms with Crippen LogP contribution in [-0.2, 0) is 15.8 Å². The largest absolute Gasteiger partial charge is 0.478 e. The fraction of sp³-hybridized carbons (Fsp3) is 0.462. The Kier molecular flexibility index (Phi) is 4.42. The maximum atomic E-state index is 12.0. The van der Waals surface area contributed by atoms with E-state index in [0.29, 0.717) is 5.56 Å². The van der Waals surface area contributed by atoms with Crippen LogP contribution in [0.4, 0.5) is 0 Å². The second-order valence-corrected chi connectivity index (χ2v) is 6.88. The summed E-state index contributed by atoms with van der Waals surface area (Å²) in [5.41, 5.74) is 0.727. The summed E-state index contributed by atoms with van der Waals surface area (Å²) in [6.07, 6.45) is 0.813. The first-order chi connectivity index (χ1) is 9.35. The van der Waals surface area contributed by atoms with E-state index in [1.54, 1.807) is 0 Å². The van der Waals surface area contributed by atoms with Crippen LogP contribution in [0.1, 0.15) is 22.3 Å². The topological polar surface area (TPSA) is 86.7 Å². The third kappa shape index (κ3) is 4.03. The molecule has 1 fully saturated rings. The molecule has 1 unspecified atom stereocenters. The Morgan fingerprint density at radius 2 is 2.05 bits per heavy atom. The smallest absolute Gasteiger partial charge is 0.335 e. The zero-order chi connectivity index (χ0) is 14.8. The highest BCUT2D eigenvalue weighted by atomic mass is 32.2. The van der Waals surface area contributed by atoms with Gasteiger partial charge in [0.05, 0.1) is 11.3 Å². The summed E-state index contributed by atoms with van der Waals surface area (Å²) >= 11 is 0. The van der Waals surface area contributed by atoms with Crippen molar-refractivity contribution in [2.75, 3.05) is 20.1 Å². The number of carboxylic acid groups (broad SMARTS) is 1. The highest BCUT2D eigenvalue weighted by Crippen LogP contribution is 2.11. The van der Waals surface area contributed by atoms with Crippen molar-refractivity contribution < 1.29 is 18.3 Å². The minimum absolute atomic E-state index is 0.0386. The van der Waals surface area contributed by atoms with E-state index in [-0.39, 0.29) is 17.4 Å². The highest BCUT2D eigenvalue weighted by Gasteiger charge is 2.24. The first-order valence-electron chi connectivity index (χ1n) is 6.36. The summed E-state index contributed by atoms with van der Waals surface area (Å²) in [4.78, 5) is 12.8. The molecule has 2 rings (SSSR count). The molecule has 6 nitrogen and oxygen atoms in total. The van der Waals surface area contributed by atoms with Gasteiger partial charge in [-0.1, -0.05) is 12.1 Å². The Balaban J connectivity index is 1.99. The van der Waals surface area contributed by atoms with Crippen molar-refractivity contribution in [1.82, 2.24) is 9.62 Å². The van der Waals surface area contributed by atoms with E-state index in [4.69, 9.17) is 5.11 Å². The molecule has 1 saturated heterocycles. The summed E-state index contributed by atoms with van der Waals surface area (Å²) in [7, 11) is -1.44. The van der Waals surface area contributed by atoms with Crippen LogP contribution in [0.15, 0.2) is 24.3 Å². The maximum Gasteiger partial charge on any atom is 0.335 e. The zero-order valence-corrected chi connectivity index (χ0v) is 12.1. The average Bonchev–Trinajstić information content (AvgIpc) is 2.73. The molecular formula is C13H18N2O4S. The number of nitrogens with one attached hydrogen (secondary N) is 1. The van der Waals surface area contributed by atoms with E-state index in [1.165, 1.54) is 24.3 Å². The van der Waals surface area contributed by atoms with Crippen molar-refractivity contribution in [1.29, 1.82) is 0 Å². The van der Waals surface area contributed by atoms with Crippen LogP contribution in [-0.4, -0.2) is 50.6 Å². The van der Waals surface area contributed by atoms with Crippen LogP contribution >= 0.6 is 0 Å². The summed E-state index contributed by atoms with van der Waals surface area (Å²) in [6.45, 7) is 1.61. The van der Waals surface area contributed by atoms with Crippen LogP contribution in [0.25, 0.3) is 0 Å². The van der Waals surface area contributed by atoms with E-state index < -0.39 is 16.0 Å². The van der Waals surface area contributed by atoms with E-state index >= 15 is 0 Å². The molecule has 0 aliphatic carbocycles. The zero-order valence-electron chi connectivity index (χ0n) is 11.2. The lowest BCUT2D eigenvalue weighted by molar-refractivity contribution is 0.0697. The second-order valence-electron chi connectivity index (χ2n) is 5.13. The maximum absolute atomic E-state index is 12.0. The average molecular weight is 298 g/mol. The van der Waals surface area contributed by atoms with Crippen LogP contribution in [0.5, 0.6) is 0 Å². The molecule has 0 saturated carbocycles. The number of sulfonamides is 1. The summed E-state index contributed by atoms with van der Waals surface area (Å²) in [5, 5.41) is 8.79. The van der Waals surface area contributed by atoms with Gasteiger partial charge in [-0.25, -0.2) is 17.9 Å². The predicted molar refractivity (Wildman–Crippen MR) is 75.1 cm³/mol. The molecule has 110 valence electrons. The number of carbonyl (C=O) groups is 1. The molecule has 1 heterocycles. The quantitative estimate of drug-likeness (QED) is 0.827. The standard InChI is InChI=1S/C13H18N2O4S/c1-15-7-6-12(8-15)14-20(18,19)9-10-2-4-11(5-3-10)13(16)17/h2-5,12,14H,6-9H2,1H3,(H,16,17). The van der Waals surface area contributed by atoms with Crippen LogP contribution in [0.3, 0.4) is 0 Å². The lowest BCUT2D eigenvalue weighted by Crippen LogP contribution is -2.37. The van der Waals surface area contributed by atoms with Crippen molar-refractivity contribution in [3.05, 3.63) is 35.4 Å². The number of rotatable bonds is 5.